The monoisotopic (exact) mass is 268 g/mol. The van der Waals surface area contributed by atoms with E-state index in [2.05, 4.69) is 0 Å². The molecular formula is C8H6Cl2O4S. The molecule has 0 N–H and O–H groups in total. The lowest BCUT2D eigenvalue weighted by atomic mass is 10.2. The van der Waals surface area contributed by atoms with E-state index in [0.29, 0.717) is 11.3 Å². The SMILES string of the molecule is Cc1cc2c(c(S(=O)(=O)Cl)c1Cl)OCO2. The highest BCUT2D eigenvalue weighted by atomic mass is 35.7. The zero-order valence-corrected chi connectivity index (χ0v) is 9.91. The molecule has 0 amide bonds. The summed E-state index contributed by atoms with van der Waals surface area (Å²) in [6, 6.07) is 1.61. The van der Waals surface area contributed by atoms with E-state index >= 15 is 0 Å². The summed E-state index contributed by atoms with van der Waals surface area (Å²) >= 11 is 5.86. The highest BCUT2D eigenvalue weighted by Crippen LogP contribution is 2.45. The quantitative estimate of drug-likeness (QED) is 0.734. The van der Waals surface area contributed by atoms with Gasteiger partial charge in [0.1, 0.15) is 4.90 Å². The number of hydrogen-bond acceptors (Lipinski definition) is 4. The first-order valence-corrected chi connectivity index (χ1v) is 6.63. The van der Waals surface area contributed by atoms with Gasteiger partial charge >= 0.3 is 0 Å². The largest absolute Gasteiger partial charge is 0.454 e. The third kappa shape index (κ3) is 1.75. The molecule has 15 heavy (non-hydrogen) atoms. The molecule has 0 saturated carbocycles. The van der Waals surface area contributed by atoms with E-state index < -0.39 is 9.05 Å². The van der Waals surface area contributed by atoms with Crippen molar-refractivity contribution in [1.82, 2.24) is 0 Å². The highest BCUT2D eigenvalue weighted by Gasteiger charge is 2.29. The Bertz CT molecular complexity index is 524. The number of ether oxygens (including phenoxy) is 2. The smallest absolute Gasteiger partial charge is 0.266 e. The summed E-state index contributed by atoms with van der Waals surface area (Å²) in [6.07, 6.45) is 0. The molecule has 0 atom stereocenters. The number of fused-ring (bicyclic) bond motifs is 1. The molecule has 0 aromatic heterocycles. The Kier molecular flexibility index (Phi) is 2.48. The average molecular weight is 269 g/mol. The van der Waals surface area contributed by atoms with E-state index in [9.17, 15) is 8.42 Å². The van der Waals surface area contributed by atoms with Crippen molar-refractivity contribution in [3.05, 3.63) is 16.7 Å². The van der Waals surface area contributed by atoms with Gasteiger partial charge < -0.3 is 9.47 Å². The van der Waals surface area contributed by atoms with Gasteiger partial charge in [0.25, 0.3) is 9.05 Å². The van der Waals surface area contributed by atoms with Gasteiger partial charge in [-0.3, -0.25) is 0 Å². The first-order chi connectivity index (χ1) is 6.91. The van der Waals surface area contributed by atoms with E-state index in [1.54, 1.807) is 13.0 Å². The number of aryl methyl sites for hydroxylation is 1. The van der Waals surface area contributed by atoms with Gasteiger partial charge in [0.2, 0.25) is 6.79 Å². The second kappa shape index (κ2) is 3.43. The van der Waals surface area contributed by atoms with E-state index in [0.717, 1.165) is 0 Å². The lowest BCUT2D eigenvalue weighted by Crippen LogP contribution is -1.98. The van der Waals surface area contributed by atoms with Crippen LogP contribution >= 0.6 is 22.3 Å². The minimum absolute atomic E-state index is 0.0332. The molecule has 1 aromatic carbocycles. The van der Waals surface area contributed by atoms with Crippen LogP contribution in [-0.4, -0.2) is 15.2 Å². The topological polar surface area (TPSA) is 52.6 Å². The Morgan fingerprint density at radius 2 is 2.07 bits per heavy atom. The molecule has 4 nitrogen and oxygen atoms in total. The molecule has 0 unspecified atom stereocenters. The Morgan fingerprint density at radius 3 is 2.67 bits per heavy atom. The summed E-state index contributed by atoms with van der Waals surface area (Å²) in [5, 5.41) is 0.0641. The van der Waals surface area contributed by atoms with Crippen molar-refractivity contribution in [2.24, 2.45) is 0 Å². The molecule has 0 spiro atoms. The summed E-state index contributed by atoms with van der Waals surface area (Å²) < 4.78 is 32.7. The van der Waals surface area contributed by atoms with Crippen molar-refractivity contribution in [3.63, 3.8) is 0 Å². The highest BCUT2D eigenvalue weighted by molar-refractivity contribution is 8.14. The van der Waals surface area contributed by atoms with Crippen LogP contribution in [0.15, 0.2) is 11.0 Å². The van der Waals surface area contributed by atoms with Gasteiger partial charge in [0.05, 0.1) is 5.02 Å². The van der Waals surface area contributed by atoms with Crippen LogP contribution in [-0.2, 0) is 9.05 Å². The Labute approximate surface area is 96.1 Å². The summed E-state index contributed by atoms with van der Waals surface area (Å²) in [7, 11) is 1.33. The van der Waals surface area contributed by atoms with Gasteiger partial charge in [-0.15, -0.1) is 0 Å². The summed E-state index contributed by atoms with van der Waals surface area (Å²) in [5.41, 5.74) is 0.570. The Hall–Kier alpha value is -0.650. The van der Waals surface area contributed by atoms with Crippen LogP contribution in [0.4, 0.5) is 0 Å². The molecule has 0 fully saturated rings. The average Bonchev–Trinajstić information content (AvgIpc) is 2.50. The number of rotatable bonds is 1. The number of halogens is 2. The Morgan fingerprint density at radius 1 is 1.40 bits per heavy atom. The zero-order chi connectivity index (χ0) is 11.2. The van der Waals surface area contributed by atoms with Crippen LogP contribution in [0.2, 0.25) is 5.02 Å². The first-order valence-electron chi connectivity index (χ1n) is 3.94. The molecule has 0 bridgehead atoms. The third-order valence-electron chi connectivity index (χ3n) is 1.98. The van der Waals surface area contributed by atoms with E-state index in [1.165, 1.54) is 0 Å². The minimum atomic E-state index is -3.95. The van der Waals surface area contributed by atoms with Crippen molar-refractivity contribution in [3.8, 4) is 11.5 Å². The van der Waals surface area contributed by atoms with Gasteiger partial charge in [0, 0.05) is 10.7 Å². The second-order valence-corrected chi connectivity index (χ2v) is 5.89. The summed E-state index contributed by atoms with van der Waals surface area (Å²) in [4.78, 5) is -0.224. The molecule has 1 aromatic rings. The molecule has 0 saturated heterocycles. The first kappa shape index (κ1) is 10.9. The van der Waals surface area contributed by atoms with Crippen molar-refractivity contribution < 1.29 is 17.9 Å². The van der Waals surface area contributed by atoms with Gasteiger partial charge in [0.15, 0.2) is 11.5 Å². The third-order valence-corrected chi connectivity index (χ3v) is 3.92. The lowest BCUT2D eigenvalue weighted by Gasteiger charge is -2.07. The van der Waals surface area contributed by atoms with Crippen LogP contribution in [0.5, 0.6) is 11.5 Å². The number of benzene rings is 1. The Balaban J connectivity index is 2.83. The van der Waals surface area contributed by atoms with Crippen molar-refractivity contribution >= 4 is 31.3 Å². The van der Waals surface area contributed by atoms with Crippen LogP contribution in [0.1, 0.15) is 5.56 Å². The fourth-order valence-corrected chi connectivity index (χ4v) is 3.09. The molecular weight excluding hydrogens is 263 g/mol. The molecule has 2 rings (SSSR count). The standard InChI is InChI=1S/C8H6Cl2O4S/c1-4-2-5-7(14-3-13-5)8(6(4)9)15(10,11)12/h2H,3H2,1H3. The van der Waals surface area contributed by atoms with Crippen molar-refractivity contribution in [1.29, 1.82) is 0 Å². The van der Waals surface area contributed by atoms with Crippen LogP contribution in [0, 0.1) is 6.92 Å². The van der Waals surface area contributed by atoms with Crippen LogP contribution in [0.3, 0.4) is 0 Å². The van der Waals surface area contributed by atoms with Crippen molar-refractivity contribution in [2.45, 2.75) is 11.8 Å². The maximum atomic E-state index is 11.3. The molecule has 7 heteroatoms. The zero-order valence-electron chi connectivity index (χ0n) is 7.58. The maximum Gasteiger partial charge on any atom is 0.266 e. The van der Waals surface area contributed by atoms with E-state index in [-0.39, 0.29) is 22.5 Å². The van der Waals surface area contributed by atoms with E-state index in [4.69, 9.17) is 31.8 Å². The van der Waals surface area contributed by atoms with Crippen molar-refractivity contribution in [2.75, 3.05) is 6.79 Å². The fourth-order valence-electron chi connectivity index (χ4n) is 1.33. The predicted octanol–water partition coefficient (Wildman–Crippen LogP) is 2.30. The van der Waals surface area contributed by atoms with Gasteiger partial charge in [-0.1, -0.05) is 11.6 Å². The molecule has 0 radical (unpaired) electrons. The minimum Gasteiger partial charge on any atom is -0.454 e. The van der Waals surface area contributed by atoms with Gasteiger partial charge in [-0.25, -0.2) is 8.42 Å². The molecule has 1 aliphatic heterocycles. The van der Waals surface area contributed by atoms with Gasteiger partial charge in [-0.2, -0.15) is 0 Å². The summed E-state index contributed by atoms with van der Waals surface area (Å²) in [6.45, 7) is 1.63. The molecule has 1 heterocycles. The second-order valence-electron chi connectivity index (χ2n) is 3.01. The predicted molar refractivity (Wildman–Crippen MR) is 55.4 cm³/mol. The molecule has 0 aliphatic carbocycles. The number of hydrogen-bond donors (Lipinski definition) is 0. The maximum absolute atomic E-state index is 11.3. The molecule has 82 valence electrons. The van der Waals surface area contributed by atoms with Gasteiger partial charge in [-0.05, 0) is 18.6 Å². The van der Waals surface area contributed by atoms with Crippen LogP contribution < -0.4 is 9.47 Å². The van der Waals surface area contributed by atoms with E-state index in [1.807, 2.05) is 0 Å². The normalized spacial score (nSPS) is 14.3. The summed E-state index contributed by atoms with van der Waals surface area (Å²) in [5.74, 6) is 0.428. The van der Waals surface area contributed by atoms with Crippen LogP contribution in [0.25, 0.3) is 0 Å². The fraction of sp³-hybridized carbons (Fsp3) is 0.250. The molecule has 1 aliphatic rings. The lowest BCUT2D eigenvalue weighted by molar-refractivity contribution is 0.172.